The van der Waals surface area contributed by atoms with Gasteiger partial charge in [0.15, 0.2) is 17.3 Å². The summed E-state index contributed by atoms with van der Waals surface area (Å²) in [5.74, 6) is -0.803. The van der Waals surface area contributed by atoms with Crippen LogP contribution >= 0.6 is 0 Å². The predicted octanol–water partition coefficient (Wildman–Crippen LogP) is 4.17. The summed E-state index contributed by atoms with van der Waals surface area (Å²) in [5, 5.41) is 29.9. The van der Waals surface area contributed by atoms with Gasteiger partial charge in [0.1, 0.15) is 5.75 Å². The summed E-state index contributed by atoms with van der Waals surface area (Å²) < 4.78 is 5.18. The van der Waals surface area contributed by atoms with Crippen LogP contribution in [0.3, 0.4) is 0 Å². The van der Waals surface area contributed by atoms with Gasteiger partial charge in [-0.05, 0) is 42.5 Å². The van der Waals surface area contributed by atoms with Crippen molar-refractivity contribution in [2.75, 3.05) is 7.11 Å². The van der Waals surface area contributed by atoms with Crippen LogP contribution in [0.4, 0.5) is 0 Å². The van der Waals surface area contributed by atoms with Gasteiger partial charge in [0.2, 0.25) is 5.75 Å². The Bertz CT molecular complexity index is 861. The molecule has 2 aromatic carbocycles. The fraction of sp³-hybridized carbons (Fsp3) is 0.190. The lowest BCUT2D eigenvalue weighted by molar-refractivity contribution is 0.104. The van der Waals surface area contributed by atoms with Crippen molar-refractivity contribution in [2.45, 2.75) is 19.3 Å². The number of benzene rings is 2. The second kappa shape index (κ2) is 7.35. The first-order valence-corrected chi connectivity index (χ1v) is 7.99. The zero-order valence-corrected chi connectivity index (χ0v) is 15.0. The van der Waals surface area contributed by atoms with Crippen molar-refractivity contribution < 1.29 is 24.9 Å². The second-order valence-corrected chi connectivity index (χ2v) is 6.41. The minimum atomic E-state index is -0.600. The van der Waals surface area contributed by atoms with Crippen LogP contribution in [0, 0.1) is 0 Å². The molecule has 5 nitrogen and oxygen atoms in total. The summed E-state index contributed by atoms with van der Waals surface area (Å²) in [7, 11) is 1.37. The van der Waals surface area contributed by atoms with Gasteiger partial charge in [-0.1, -0.05) is 19.9 Å². The molecule has 136 valence electrons. The van der Waals surface area contributed by atoms with Gasteiger partial charge in [0.05, 0.1) is 7.11 Å². The Balaban J connectivity index is 2.49. The minimum Gasteiger partial charge on any atom is -0.508 e. The van der Waals surface area contributed by atoms with Gasteiger partial charge in [0, 0.05) is 22.1 Å². The number of carbonyl (C=O) groups excluding carboxylic acids is 1. The number of phenolic OH excluding ortho intramolecular Hbond substituents is 3. The van der Waals surface area contributed by atoms with Crippen molar-refractivity contribution in [1.29, 1.82) is 0 Å². The van der Waals surface area contributed by atoms with Crippen molar-refractivity contribution in [2.24, 2.45) is 0 Å². The Morgan fingerprint density at radius 1 is 1.12 bits per heavy atom. The molecule has 2 rings (SSSR count). The van der Waals surface area contributed by atoms with Crippen LogP contribution in [0.15, 0.2) is 49.1 Å². The topological polar surface area (TPSA) is 87.0 Å². The molecule has 26 heavy (non-hydrogen) atoms. The van der Waals surface area contributed by atoms with Crippen molar-refractivity contribution in [3.05, 3.63) is 65.8 Å². The van der Waals surface area contributed by atoms with Crippen molar-refractivity contribution in [1.82, 2.24) is 0 Å². The second-order valence-electron chi connectivity index (χ2n) is 6.41. The highest BCUT2D eigenvalue weighted by Crippen LogP contribution is 2.46. The molecule has 0 bridgehead atoms. The molecule has 0 heterocycles. The number of rotatable bonds is 6. The first kappa shape index (κ1) is 19.1. The Morgan fingerprint density at radius 2 is 1.73 bits per heavy atom. The lowest BCUT2D eigenvalue weighted by Gasteiger charge is -2.24. The van der Waals surface area contributed by atoms with Crippen LogP contribution in [0.25, 0.3) is 6.08 Å². The number of hydrogen-bond donors (Lipinski definition) is 3. The van der Waals surface area contributed by atoms with Crippen molar-refractivity contribution in [3.63, 3.8) is 0 Å². The fourth-order valence-corrected chi connectivity index (χ4v) is 2.49. The summed E-state index contributed by atoms with van der Waals surface area (Å²) >= 11 is 0. The van der Waals surface area contributed by atoms with Crippen LogP contribution in [-0.2, 0) is 5.41 Å². The highest BCUT2D eigenvalue weighted by Gasteiger charge is 2.26. The lowest BCUT2D eigenvalue weighted by atomic mass is 9.83. The number of ether oxygens (including phenoxy) is 1. The maximum Gasteiger partial charge on any atom is 0.201 e. The van der Waals surface area contributed by atoms with E-state index in [9.17, 15) is 20.1 Å². The van der Waals surface area contributed by atoms with E-state index in [1.807, 2.05) is 13.8 Å². The number of allylic oxidation sites excluding steroid dienone is 2. The molecule has 0 unspecified atom stereocenters. The minimum absolute atomic E-state index is 0.0702. The largest absolute Gasteiger partial charge is 0.508 e. The standard InChI is InChI=1S/C21H22O5/c1-5-21(2,3)16-12-14(20(26-4)19(25)18(16)24)8-11-17(23)13-6-9-15(22)10-7-13/h5-12,22,24-25H,1H2,2-4H3. The lowest BCUT2D eigenvalue weighted by Crippen LogP contribution is -2.13. The molecular formula is C21H22O5. The summed E-state index contributed by atoms with van der Waals surface area (Å²) in [6.45, 7) is 7.44. The summed E-state index contributed by atoms with van der Waals surface area (Å²) in [6, 6.07) is 7.53. The number of hydrogen-bond acceptors (Lipinski definition) is 5. The Kier molecular flexibility index (Phi) is 5.41. The molecule has 0 saturated heterocycles. The predicted molar refractivity (Wildman–Crippen MR) is 101 cm³/mol. The number of phenols is 3. The zero-order chi connectivity index (χ0) is 19.5. The first-order valence-electron chi connectivity index (χ1n) is 7.99. The van der Waals surface area contributed by atoms with E-state index in [-0.39, 0.29) is 23.0 Å². The van der Waals surface area contributed by atoms with Crippen LogP contribution in [-0.4, -0.2) is 28.2 Å². The molecule has 0 fully saturated rings. The summed E-state index contributed by atoms with van der Waals surface area (Å²) in [4.78, 5) is 12.3. The Labute approximate surface area is 152 Å². The van der Waals surface area contributed by atoms with E-state index >= 15 is 0 Å². The fourth-order valence-electron chi connectivity index (χ4n) is 2.49. The van der Waals surface area contributed by atoms with Gasteiger partial charge < -0.3 is 20.1 Å². The van der Waals surface area contributed by atoms with E-state index < -0.39 is 11.2 Å². The first-order chi connectivity index (χ1) is 12.2. The molecule has 0 aliphatic carbocycles. The molecule has 3 N–H and O–H groups in total. The van der Waals surface area contributed by atoms with Crippen LogP contribution in [0.1, 0.15) is 35.3 Å². The molecule has 0 spiro atoms. The Morgan fingerprint density at radius 3 is 2.27 bits per heavy atom. The number of aromatic hydroxyl groups is 3. The van der Waals surface area contributed by atoms with E-state index in [1.54, 1.807) is 12.1 Å². The quantitative estimate of drug-likeness (QED) is 0.314. The number of carbonyl (C=O) groups is 1. The Hall–Kier alpha value is -3.21. The molecule has 2 aromatic rings. The molecule has 0 aliphatic rings. The third kappa shape index (κ3) is 3.72. The van der Waals surface area contributed by atoms with Crippen molar-refractivity contribution >= 4 is 11.9 Å². The molecule has 0 aliphatic heterocycles. The molecule has 0 saturated carbocycles. The molecular weight excluding hydrogens is 332 g/mol. The molecule has 5 heteroatoms. The number of methoxy groups -OCH3 is 1. The van der Waals surface area contributed by atoms with Crippen LogP contribution in [0.5, 0.6) is 23.0 Å². The normalized spacial score (nSPS) is 11.5. The van der Waals surface area contributed by atoms with Gasteiger partial charge in [-0.2, -0.15) is 0 Å². The van der Waals surface area contributed by atoms with Gasteiger partial charge in [-0.15, -0.1) is 6.58 Å². The summed E-state index contributed by atoms with van der Waals surface area (Å²) in [6.07, 6.45) is 4.50. The van der Waals surface area contributed by atoms with E-state index in [1.165, 1.54) is 43.5 Å². The zero-order valence-electron chi connectivity index (χ0n) is 15.0. The van der Waals surface area contributed by atoms with Gasteiger partial charge in [0.25, 0.3) is 0 Å². The monoisotopic (exact) mass is 354 g/mol. The van der Waals surface area contributed by atoms with E-state index in [2.05, 4.69) is 6.58 Å². The van der Waals surface area contributed by atoms with Crippen molar-refractivity contribution in [3.8, 4) is 23.0 Å². The molecule has 0 radical (unpaired) electrons. The van der Waals surface area contributed by atoms with Gasteiger partial charge in [-0.25, -0.2) is 0 Å². The maximum absolute atomic E-state index is 12.3. The third-order valence-electron chi connectivity index (χ3n) is 4.23. The average Bonchev–Trinajstić information content (AvgIpc) is 2.62. The third-order valence-corrected chi connectivity index (χ3v) is 4.23. The molecule has 0 atom stereocenters. The van der Waals surface area contributed by atoms with Crippen LogP contribution < -0.4 is 4.74 Å². The smallest absolute Gasteiger partial charge is 0.201 e. The number of ketones is 1. The average molecular weight is 354 g/mol. The molecule has 0 aromatic heterocycles. The van der Waals surface area contributed by atoms with E-state index in [4.69, 9.17) is 4.74 Å². The van der Waals surface area contributed by atoms with E-state index in [0.717, 1.165) is 0 Å². The van der Waals surface area contributed by atoms with E-state index in [0.29, 0.717) is 16.7 Å². The summed E-state index contributed by atoms with van der Waals surface area (Å²) in [5.41, 5.74) is 0.715. The van der Waals surface area contributed by atoms with Gasteiger partial charge >= 0.3 is 0 Å². The van der Waals surface area contributed by atoms with Gasteiger partial charge in [-0.3, -0.25) is 4.79 Å². The highest BCUT2D eigenvalue weighted by molar-refractivity contribution is 6.07. The molecule has 0 amide bonds. The van der Waals surface area contributed by atoms with Crippen LogP contribution in [0.2, 0.25) is 0 Å². The SMILES string of the molecule is C=CC(C)(C)c1cc(C=CC(=O)c2ccc(O)cc2)c(OC)c(O)c1O. The maximum atomic E-state index is 12.3. The highest BCUT2D eigenvalue weighted by atomic mass is 16.5.